The van der Waals surface area contributed by atoms with Gasteiger partial charge in [-0.1, -0.05) is 12.1 Å². The van der Waals surface area contributed by atoms with Crippen molar-refractivity contribution in [3.8, 4) is 0 Å². The van der Waals surface area contributed by atoms with Crippen LogP contribution >= 0.6 is 0 Å². The van der Waals surface area contributed by atoms with Crippen LogP contribution < -0.4 is 5.32 Å². The molecule has 0 saturated carbocycles. The largest absolute Gasteiger partial charge is 0.343 e. The van der Waals surface area contributed by atoms with Gasteiger partial charge in [-0.25, -0.2) is 0 Å². The summed E-state index contributed by atoms with van der Waals surface area (Å²) in [5, 5.41) is 7.38. The second-order valence-corrected chi connectivity index (χ2v) is 4.40. The van der Waals surface area contributed by atoms with E-state index < -0.39 is 0 Å². The summed E-state index contributed by atoms with van der Waals surface area (Å²) in [6, 6.07) is 0. The van der Waals surface area contributed by atoms with E-state index in [1.165, 1.54) is 6.39 Å². The molecule has 15 heavy (non-hydrogen) atoms. The Morgan fingerprint density at radius 1 is 1.67 bits per heavy atom. The van der Waals surface area contributed by atoms with Crippen molar-refractivity contribution in [2.75, 3.05) is 19.6 Å². The lowest BCUT2D eigenvalue weighted by atomic mass is 9.96. The van der Waals surface area contributed by atoms with E-state index in [0.717, 1.165) is 38.4 Å². The van der Waals surface area contributed by atoms with Gasteiger partial charge in [-0.15, -0.1) is 0 Å². The number of nitrogens with one attached hydrogen (secondary N) is 1. The summed E-state index contributed by atoms with van der Waals surface area (Å²) in [6.45, 7) is 8.37. The Bertz CT molecular complexity index is 300. The Morgan fingerprint density at radius 3 is 3.20 bits per heavy atom. The summed E-state index contributed by atoms with van der Waals surface area (Å²) in [5.74, 6) is 0.773. The third-order valence-electron chi connectivity index (χ3n) is 3.10. The zero-order chi connectivity index (χ0) is 10.7. The van der Waals surface area contributed by atoms with Gasteiger partial charge in [0.2, 0.25) is 6.39 Å². The van der Waals surface area contributed by atoms with Crippen LogP contribution in [0.25, 0.3) is 0 Å². The van der Waals surface area contributed by atoms with Crippen LogP contribution in [-0.2, 0) is 6.54 Å². The van der Waals surface area contributed by atoms with Crippen LogP contribution in [-0.4, -0.2) is 40.2 Å². The van der Waals surface area contributed by atoms with Crippen molar-refractivity contribution in [3.05, 3.63) is 12.2 Å². The van der Waals surface area contributed by atoms with Crippen LogP contribution in [0.4, 0.5) is 0 Å². The summed E-state index contributed by atoms with van der Waals surface area (Å²) in [5.41, 5.74) is 0.224. The summed E-state index contributed by atoms with van der Waals surface area (Å²) in [6.07, 6.45) is 2.52. The molecule has 84 valence electrons. The first-order valence-electron chi connectivity index (χ1n) is 5.44. The fourth-order valence-electron chi connectivity index (χ4n) is 1.98. The van der Waals surface area contributed by atoms with E-state index in [9.17, 15) is 0 Å². The molecule has 0 bridgehead atoms. The Hall–Kier alpha value is -0.940. The van der Waals surface area contributed by atoms with E-state index in [-0.39, 0.29) is 5.54 Å². The third-order valence-corrected chi connectivity index (χ3v) is 3.10. The minimum Gasteiger partial charge on any atom is -0.343 e. The minimum absolute atomic E-state index is 0.224. The zero-order valence-electron chi connectivity index (χ0n) is 9.36. The van der Waals surface area contributed by atoms with Gasteiger partial charge in [0.15, 0.2) is 5.82 Å². The third kappa shape index (κ3) is 2.54. The van der Waals surface area contributed by atoms with Gasteiger partial charge < -0.3 is 9.84 Å². The van der Waals surface area contributed by atoms with Crippen molar-refractivity contribution in [1.82, 2.24) is 20.4 Å². The van der Waals surface area contributed by atoms with Gasteiger partial charge in [0.05, 0.1) is 6.54 Å². The summed E-state index contributed by atoms with van der Waals surface area (Å²) >= 11 is 0. The molecular formula is C10H18N4O. The maximum absolute atomic E-state index is 4.73. The van der Waals surface area contributed by atoms with Crippen molar-refractivity contribution in [2.24, 2.45) is 0 Å². The Kier molecular flexibility index (Phi) is 3.02. The van der Waals surface area contributed by atoms with E-state index in [2.05, 4.69) is 34.2 Å². The lowest BCUT2D eigenvalue weighted by Crippen LogP contribution is -2.58. The number of rotatable bonds is 3. The molecule has 0 radical (unpaired) electrons. The monoisotopic (exact) mass is 210 g/mol. The summed E-state index contributed by atoms with van der Waals surface area (Å²) < 4.78 is 4.73. The topological polar surface area (TPSA) is 54.2 Å². The molecule has 1 N–H and O–H groups in total. The standard InChI is InChI=1S/C10H18N4O/c1-3-10(2)7-14(5-4-12-10)6-9-11-8-15-13-9/h8,12H,3-7H2,1-2H3. The fourth-order valence-corrected chi connectivity index (χ4v) is 1.98. The predicted molar refractivity (Wildman–Crippen MR) is 56.3 cm³/mol. The molecule has 5 heteroatoms. The van der Waals surface area contributed by atoms with Gasteiger partial charge in [-0.05, 0) is 13.3 Å². The summed E-state index contributed by atoms with van der Waals surface area (Å²) in [4.78, 5) is 6.41. The SMILES string of the molecule is CCC1(C)CN(Cc2ncon2)CCN1. The molecule has 0 spiro atoms. The highest BCUT2D eigenvalue weighted by Gasteiger charge is 2.28. The molecule has 0 aromatic carbocycles. The molecule has 1 aromatic rings. The normalized spacial score (nSPS) is 28.1. The maximum Gasteiger partial charge on any atom is 0.213 e. The van der Waals surface area contributed by atoms with Crippen molar-refractivity contribution >= 4 is 0 Å². The van der Waals surface area contributed by atoms with Crippen LogP contribution in [0.5, 0.6) is 0 Å². The molecular weight excluding hydrogens is 192 g/mol. The maximum atomic E-state index is 4.73. The Morgan fingerprint density at radius 2 is 2.53 bits per heavy atom. The molecule has 5 nitrogen and oxygen atoms in total. The van der Waals surface area contributed by atoms with Crippen molar-refractivity contribution in [1.29, 1.82) is 0 Å². The van der Waals surface area contributed by atoms with Gasteiger partial charge in [-0.2, -0.15) is 4.98 Å². The first-order valence-corrected chi connectivity index (χ1v) is 5.44. The van der Waals surface area contributed by atoms with E-state index in [4.69, 9.17) is 4.52 Å². The first kappa shape index (κ1) is 10.6. The first-order chi connectivity index (χ1) is 7.22. The molecule has 1 aromatic heterocycles. The lowest BCUT2D eigenvalue weighted by Gasteiger charge is -2.40. The van der Waals surface area contributed by atoms with Gasteiger partial charge in [-0.3, -0.25) is 4.90 Å². The molecule has 1 fully saturated rings. The highest BCUT2D eigenvalue weighted by molar-refractivity contribution is 4.91. The second-order valence-electron chi connectivity index (χ2n) is 4.40. The van der Waals surface area contributed by atoms with Crippen LogP contribution in [0, 0.1) is 0 Å². The van der Waals surface area contributed by atoms with Gasteiger partial charge in [0, 0.05) is 25.2 Å². The fraction of sp³-hybridized carbons (Fsp3) is 0.800. The Labute approximate surface area is 89.8 Å². The molecule has 2 rings (SSSR count). The van der Waals surface area contributed by atoms with Crippen molar-refractivity contribution in [3.63, 3.8) is 0 Å². The Balaban J connectivity index is 1.93. The number of hydrogen-bond donors (Lipinski definition) is 1. The van der Waals surface area contributed by atoms with E-state index in [0.29, 0.717) is 0 Å². The van der Waals surface area contributed by atoms with Crippen LogP contribution in [0.2, 0.25) is 0 Å². The van der Waals surface area contributed by atoms with Gasteiger partial charge in [0.1, 0.15) is 0 Å². The smallest absolute Gasteiger partial charge is 0.213 e. The molecule has 1 aliphatic heterocycles. The second kappa shape index (κ2) is 4.28. The number of aromatic nitrogens is 2. The lowest BCUT2D eigenvalue weighted by molar-refractivity contribution is 0.130. The average Bonchev–Trinajstić information content (AvgIpc) is 2.71. The van der Waals surface area contributed by atoms with Crippen molar-refractivity contribution in [2.45, 2.75) is 32.4 Å². The van der Waals surface area contributed by atoms with Gasteiger partial charge >= 0.3 is 0 Å². The molecule has 1 atom stereocenters. The highest BCUT2D eigenvalue weighted by Crippen LogP contribution is 2.16. The average molecular weight is 210 g/mol. The summed E-state index contributed by atoms with van der Waals surface area (Å²) in [7, 11) is 0. The molecule has 0 amide bonds. The van der Waals surface area contributed by atoms with Gasteiger partial charge in [0.25, 0.3) is 0 Å². The number of piperazine rings is 1. The number of nitrogens with zero attached hydrogens (tertiary/aromatic N) is 3. The molecule has 1 saturated heterocycles. The van der Waals surface area contributed by atoms with E-state index in [1.54, 1.807) is 0 Å². The molecule has 1 unspecified atom stereocenters. The van der Waals surface area contributed by atoms with Crippen LogP contribution in [0.3, 0.4) is 0 Å². The quantitative estimate of drug-likeness (QED) is 0.793. The van der Waals surface area contributed by atoms with Crippen molar-refractivity contribution < 1.29 is 4.52 Å². The minimum atomic E-state index is 0.224. The molecule has 1 aliphatic rings. The highest BCUT2D eigenvalue weighted by atomic mass is 16.5. The van der Waals surface area contributed by atoms with E-state index >= 15 is 0 Å². The predicted octanol–water partition coefficient (Wildman–Crippen LogP) is 0.643. The zero-order valence-corrected chi connectivity index (χ0v) is 9.36. The van der Waals surface area contributed by atoms with E-state index in [1.807, 2.05) is 0 Å². The molecule has 2 heterocycles. The van der Waals surface area contributed by atoms with Crippen LogP contribution in [0.15, 0.2) is 10.9 Å². The number of hydrogen-bond acceptors (Lipinski definition) is 5. The van der Waals surface area contributed by atoms with Crippen LogP contribution in [0.1, 0.15) is 26.1 Å². The molecule has 0 aliphatic carbocycles.